The smallest absolute Gasteiger partial charge is 0.132 e. The first kappa shape index (κ1) is 11.3. The van der Waals surface area contributed by atoms with Gasteiger partial charge in [-0.3, -0.25) is 4.68 Å². The molecule has 1 aromatic carbocycles. The maximum Gasteiger partial charge on any atom is 0.132 e. The summed E-state index contributed by atoms with van der Waals surface area (Å²) in [5.41, 5.74) is 3.15. The summed E-state index contributed by atoms with van der Waals surface area (Å²) >= 11 is 0. The molecule has 4 heteroatoms. The molecule has 1 aliphatic rings. The van der Waals surface area contributed by atoms with Crippen molar-refractivity contribution in [1.29, 1.82) is 0 Å². The van der Waals surface area contributed by atoms with Gasteiger partial charge >= 0.3 is 0 Å². The topological polar surface area (TPSA) is 47.3 Å². The van der Waals surface area contributed by atoms with E-state index in [0.717, 1.165) is 29.8 Å². The second-order valence-corrected chi connectivity index (χ2v) is 4.68. The molecule has 1 heterocycles. The van der Waals surface area contributed by atoms with Gasteiger partial charge in [-0.15, -0.1) is 0 Å². The zero-order valence-corrected chi connectivity index (χ0v) is 10.3. The van der Waals surface area contributed by atoms with E-state index < -0.39 is 0 Å². The number of rotatable bonds is 3. The number of aryl methyl sites for hydroxylation is 2. The normalized spacial score (nSPS) is 17.8. The van der Waals surface area contributed by atoms with Crippen molar-refractivity contribution >= 4 is 0 Å². The van der Waals surface area contributed by atoms with E-state index in [1.807, 2.05) is 37.5 Å². The van der Waals surface area contributed by atoms with Gasteiger partial charge in [0.05, 0.1) is 11.8 Å². The highest BCUT2D eigenvalue weighted by molar-refractivity contribution is 5.39. The Morgan fingerprint density at radius 3 is 3.11 bits per heavy atom. The summed E-state index contributed by atoms with van der Waals surface area (Å²) in [4.78, 5) is 0. The van der Waals surface area contributed by atoms with Gasteiger partial charge in [0.25, 0.3) is 0 Å². The average Bonchev–Trinajstić information content (AvgIpc) is 2.94. The predicted octanol–water partition coefficient (Wildman–Crippen LogP) is 1.98. The molecule has 0 amide bonds. The van der Waals surface area contributed by atoms with E-state index in [2.05, 4.69) is 5.10 Å². The van der Waals surface area contributed by atoms with Crippen LogP contribution in [0.3, 0.4) is 0 Å². The molecule has 0 spiro atoms. The van der Waals surface area contributed by atoms with Crippen molar-refractivity contribution in [3.05, 3.63) is 47.3 Å². The Hall–Kier alpha value is -1.81. The minimum atomic E-state index is -0.301. The second kappa shape index (κ2) is 4.46. The fourth-order valence-electron chi connectivity index (χ4n) is 2.36. The Morgan fingerprint density at radius 2 is 2.33 bits per heavy atom. The molecule has 1 atom stereocenters. The highest BCUT2D eigenvalue weighted by atomic mass is 16.5. The van der Waals surface area contributed by atoms with Crippen LogP contribution in [0.15, 0.2) is 30.5 Å². The summed E-state index contributed by atoms with van der Waals surface area (Å²) in [5.74, 6) is 0.841. The molecule has 0 aliphatic heterocycles. The fourth-order valence-corrected chi connectivity index (χ4v) is 2.36. The third kappa shape index (κ3) is 2.11. The molecule has 0 fully saturated rings. The SMILES string of the molecule is Cn1ccc(COc2ccc3c(c2)CCC3O)n1. The monoisotopic (exact) mass is 244 g/mol. The lowest BCUT2D eigenvalue weighted by Crippen LogP contribution is -1.98. The van der Waals surface area contributed by atoms with Crippen LogP contribution >= 0.6 is 0 Å². The van der Waals surface area contributed by atoms with Crippen molar-refractivity contribution in [3.8, 4) is 5.75 Å². The molecule has 2 aromatic rings. The Kier molecular flexibility index (Phi) is 2.80. The zero-order chi connectivity index (χ0) is 12.5. The molecule has 0 saturated carbocycles. The Labute approximate surface area is 106 Å². The van der Waals surface area contributed by atoms with Gasteiger partial charge in [-0.25, -0.2) is 0 Å². The third-order valence-corrected chi connectivity index (χ3v) is 3.32. The van der Waals surface area contributed by atoms with Crippen LogP contribution in [-0.4, -0.2) is 14.9 Å². The Balaban J connectivity index is 1.70. The molecular formula is C14H16N2O2. The van der Waals surface area contributed by atoms with Gasteiger partial charge in [-0.2, -0.15) is 5.10 Å². The zero-order valence-electron chi connectivity index (χ0n) is 10.3. The summed E-state index contributed by atoms with van der Waals surface area (Å²) in [5, 5.41) is 14.0. The van der Waals surface area contributed by atoms with Gasteiger partial charge in [0.2, 0.25) is 0 Å². The molecule has 3 rings (SSSR count). The summed E-state index contributed by atoms with van der Waals surface area (Å²) in [7, 11) is 1.89. The number of fused-ring (bicyclic) bond motifs is 1. The summed E-state index contributed by atoms with van der Waals surface area (Å²) < 4.78 is 7.47. The van der Waals surface area contributed by atoms with Crippen molar-refractivity contribution in [1.82, 2.24) is 9.78 Å². The van der Waals surface area contributed by atoms with Gasteiger partial charge in [0.15, 0.2) is 0 Å². The van der Waals surface area contributed by atoms with Crippen molar-refractivity contribution in [2.24, 2.45) is 7.05 Å². The number of aliphatic hydroxyl groups is 1. The lowest BCUT2D eigenvalue weighted by Gasteiger charge is -2.08. The quantitative estimate of drug-likeness (QED) is 0.898. The van der Waals surface area contributed by atoms with E-state index in [1.54, 1.807) is 4.68 Å². The molecule has 1 N–H and O–H groups in total. The average molecular weight is 244 g/mol. The molecule has 1 aliphatic carbocycles. The number of benzene rings is 1. The van der Waals surface area contributed by atoms with Gasteiger partial charge in [0.1, 0.15) is 12.4 Å². The molecule has 18 heavy (non-hydrogen) atoms. The van der Waals surface area contributed by atoms with E-state index >= 15 is 0 Å². The molecule has 1 unspecified atom stereocenters. The lowest BCUT2D eigenvalue weighted by molar-refractivity contribution is 0.180. The summed E-state index contributed by atoms with van der Waals surface area (Å²) in [6, 6.07) is 7.84. The molecule has 0 radical (unpaired) electrons. The van der Waals surface area contributed by atoms with E-state index in [0.29, 0.717) is 6.61 Å². The van der Waals surface area contributed by atoms with Gasteiger partial charge in [-0.1, -0.05) is 6.07 Å². The molecular weight excluding hydrogens is 228 g/mol. The fraction of sp³-hybridized carbons (Fsp3) is 0.357. The first-order valence-corrected chi connectivity index (χ1v) is 6.14. The van der Waals surface area contributed by atoms with E-state index in [1.165, 1.54) is 5.56 Å². The van der Waals surface area contributed by atoms with Crippen molar-refractivity contribution in [3.63, 3.8) is 0 Å². The number of nitrogens with zero attached hydrogens (tertiary/aromatic N) is 2. The molecule has 94 valence electrons. The van der Waals surface area contributed by atoms with Gasteiger partial charge in [0, 0.05) is 13.2 Å². The number of hydrogen-bond acceptors (Lipinski definition) is 3. The largest absolute Gasteiger partial charge is 0.487 e. The van der Waals surface area contributed by atoms with Crippen LogP contribution in [0.25, 0.3) is 0 Å². The van der Waals surface area contributed by atoms with Crippen molar-refractivity contribution in [2.75, 3.05) is 0 Å². The maximum absolute atomic E-state index is 9.73. The standard InChI is InChI=1S/C14H16N2O2/c1-16-7-6-11(15-16)9-18-12-3-4-13-10(8-12)2-5-14(13)17/h3-4,6-8,14,17H,2,5,9H2,1H3. The summed E-state index contributed by atoms with van der Waals surface area (Å²) in [6.45, 7) is 0.474. The van der Waals surface area contributed by atoms with Crippen LogP contribution in [0.1, 0.15) is 29.3 Å². The minimum absolute atomic E-state index is 0.301. The lowest BCUT2D eigenvalue weighted by atomic mass is 10.1. The summed E-state index contributed by atoms with van der Waals surface area (Å²) in [6.07, 6.45) is 3.35. The van der Waals surface area contributed by atoms with Crippen LogP contribution in [0.4, 0.5) is 0 Å². The number of ether oxygens (including phenoxy) is 1. The second-order valence-electron chi connectivity index (χ2n) is 4.68. The van der Waals surface area contributed by atoms with Crippen LogP contribution in [0.2, 0.25) is 0 Å². The maximum atomic E-state index is 9.73. The number of aromatic nitrogens is 2. The van der Waals surface area contributed by atoms with Crippen LogP contribution < -0.4 is 4.74 Å². The highest BCUT2D eigenvalue weighted by Crippen LogP contribution is 2.33. The Bertz CT molecular complexity index is 563. The van der Waals surface area contributed by atoms with Crippen molar-refractivity contribution in [2.45, 2.75) is 25.6 Å². The first-order valence-electron chi connectivity index (χ1n) is 6.14. The van der Waals surface area contributed by atoms with Crippen LogP contribution in [0.5, 0.6) is 5.75 Å². The third-order valence-electron chi connectivity index (χ3n) is 3.32. The first-order chi connectivity index (χ1) is 8.72. The van der Waals surface area contributed by atoms with Crippen molar-refractivity contribution < 1.29 is 9.84 Å². The van der Waals surface area contributed by atoms with E-state index in [-0.39, 0.29) is 6.10 Å². The minimum Gasteiger partial charge on any atom is -0.487 e. The highest BCUT2D eigenvalue weighted by Gasteiger charge is 2.20. The molecule has 0 saturated heterocycles. The predicted molar refractivity (Wildman–Crippen MR) is 67.3 cm³/mol. The van der Waals surface area contributed by atoms with Crippen LogP contribution in [0, 0.1) is 0 Å². The van der Waals surface area contributed by atoms with Crippen LogP contribution in [-0.2, 0) is 20.1 Å². The molecule has 1 aromatic heterocycles. The number of hydrogen-bond donors (Lipinski definition) is 1. The van der Waals surface area contributed by atoms with Gasteiger partial charge < -0.3 is 9.84 Å². The Morgan fingerprint density at radius 1 is 1.44 bits per heavy atom. The number of aliphatic hydroxyl groups excluding tert-OH is 1. The molecule has 0 bridgehead atoms. The molecule has 4 nitrogen and oxygen atoms in total. The van der Waals surface area contributed by atoms with E-state index in [4.69, 9.17) is 4.74 Å². The van der Waals surface area contributed by atoms with E-state index in [9.17, 15) is 5.11 Å². The van der Waals surface area contributed by atoms with Gasteiger partial charge in [-0.05, 0) is 42.2 Å².